The van der Waals surface area contributed by atoms with Gasteiger partial charge in [-0.2, -0.15) is 0 Å². The molecule has 1 N–H and O–H groups in total. The number of fused-ring (bicyclic) bond motifs is 1. The molecule has 0 fully saturated rings. The third kappa shape index (κ3) is 3.06. The molecule has 1 aliphatic heterocycles. The Balaban J connectivity index is 2.11. The fraction of sp³-hybridized carbons (Fsp3) is 0.467. The average molecular weight is 245 g/mol. The van der Waals surface area contributed by atoms with Gasteiger partial charge in [-0.15, -0.1) is 18.2 Å². The van der Waals surface area contributed by atoms with Gasteiger partial charge in [-0.25, -0.2) is 0 Å². The van der Waals surface area contributed by atoms with Crippen molar-refractivity contribution >= 4 is 11.8 Å². The van der Waals surface area contributed by atoms with Crippen molar-refractivity contribution in [3.05, 3.63) is 29.8 Å². The van der Waals surface area contributed by atoms with Gasteiger partial charge in [0, 0.05) is 10.9 Å². The number of hydrogen-bond donors (Lipinski definition) is 1. The second kappa shape index (κ2) is 6.14. The summed E-state index contributed by atoms with van der Waals surface area (Å²) in [5.41, 5.74) is 1.42. The van der Waals surface area contributed by atoms with E-state index < -0.39 is 0 Å². The van der Waals surface area contributed by atoms with Crippen LogP contribution in [0.3, 0.4) is 0 Å². The minimum absolute atomic E-state index is 0.209. The molecule has 2 atom stereocenters. The molecule has 0 spiro atoms. The number of hydrogen-bond acceptors (Lipinski definition) is 2. The molecule has 1 heterocycles. The first kappa shape index (κ1) is 12.5. The first-order valence-corrected chi connectivity index (χ1v) is 7.27. The van der Waals surface area contributed by atoms with Crippen LogP contribution in [0, 0.1) is 12.3 Å². The van der Waals surface area contributed by atoms with E-state index in [2.05, 4.69) is 42.4 Å². The maximum absolute atomic E-state index is 5.58. The number of nitrogens with one attached hydrogen (secondary N) is 1. The third-order valence-electron chi connectivity index (χ3n) is 3.14. The predicted octanol–water partition coefficient (Wildman–Crippen LogP) is 3.62. The number of rotatable bonds is 4. The molecule has 0 saturated carbocycles. The van der Waals surface area contributed by atoms with E-state index in [1.54, 1.807) is 0 Å². The molecule has 0 amide bonds. The van der Waals surface area contributed by atoms with E-state index in [-0.39, 0.29) is 6.04 Å². The van der Waals surface area contributed by atoms with Gasteiger partial charge in [0.15, 0.2) is 0 Å². The van der Waals surface area contributed by atoms with Crippen LogP contribution >= 0.6 is 11.8 Å². The summed E-state index contributed by atoms with van der Waals surface area (Å²) in [7, 11) is 0. The predicted molar refractivity (Wildman–Crippen MR) is 75.2 cm³/mol. The SMILES string of the molecule is C#CC(CCC)NC1CCSc2ccccc21. The first-order valence-electron chi connectivity index (χ1n) is 6.29. The Morgan fingerprint density at radius 3 is 3.12 bits per heavy atom. The lowest BCUT2D eigenvalue weighted by Gasteiger charge is -2.28. The minimum atomic E-state index is 0.209. The Morgan fingerprint density at radius 1 is 1.53 bits per heavy atom. The van der Waals surface area contributed by atoms with Crippen molar-refractivity contribution in [3.63, 3.8) is 0 Å². The molecule has 17 heavy (non-hydrogen) atoms. The largest absolute Gasteiger partial charge is 0.297 e. The lowest BCUT2D eigenvalue weighted by molar-refractivity contribution is 0.454. The highest BCUT2D eigenvalue weighted by Gasteiger charge is 2.21. The molecule has 1 aliphatic rings. The van der Waals surface area contributed by atoms with Gasteiger partial charge < -0.3 is 0 Å². The zero-order chi connectivity index (χ0) is 12.1. The lowest BCUT2D eigenvalue weighted by atomic mass is 10.0. The Hall–Kier alpha value is -0.910. The Morgan fingerprint density at radius 2 is 2.35 bits per heavy atom. The second-order valence-corrected chi connectivity index (χ2v) is 5.54. The molecule has 2 heteroatoms. The van der Waals surface area contributed by atoms with Gasteiger partial charge in [0.05, 0.1) is 6.04 Å². The molecule has 1 nitrogen and oxygen atoms in total. The van der Waals surface area contributed by atoms with Crippen molar-refractivity contribution < 1.29 is 0 Å². The topological polar surface area (TPSA) is 12.0 Å². The van der Waals surface area contributed by atoms with Gasteiger partial charge in [-0.1, -0.05) is 37.5 Å². The molecule has 0 radical (unpaired) electrons. The molecular weight excluding hydrogens is 226 g/mol. The molecule has 90 valence electrons. The van der Waals surface area contributed by atoms with Crippen LogP contribution in [0.4, 0.5) is 0 Å². The van der Waals surface area contributed by atoms with Crippen LogP contribution in [-0.4, -0.2) is 11.8 Å². The van der Waals surface area contributed by atoms with Crippen LogP contribution in [0.5, 0.6) is 0 Å². The van der Waals surface area contributed by atoms with E-state index in [9.17, 15) is 0 Å². The maximum Gasteiger partial charge on any atom is 0.0691 e. The molecule has 1 aromatic carbocycles. The molecular formula is C15H19NS. The number of thioether (sulfide) groups is 1. The van der Waals surface area contributed by atoms with Gasteiger partial charge in [0.25, 0.3) is 0 Å². The van der Waals surface area contributed by atoms with Gasteiger partial charge in [-0.05, 0) is 30.2 Å². The molecule has 0 aromatic heterocycles. The van der Waals surface area contributed by atoms with Crippen molar-refractivity contribution in [2.24, 2.45) is 0 Å². The minimum Gasteiger partial charge on any atom is -0.297 e. The summed E-state index contributed by atoms with van der Waals surface area (Å²) in [5.74, 6) is 4.04. The zero-order valence-electron chi connectivity index (χ0n) is 10.3. The van der Waals surface area contributed by atoms with E-state index in [0.29, 0.717) is 6.04 Å². The Bertz CT molecular complexity index is 408. The molecule has 2 rings (SSSR count). The summed E-state index contributed by atoms with van der Waals surface area (Å²) in [6.07, 6.45) is 8.94. The Kier molecular flexibility index (Phi) is 4.53. The van der Waals surface area contributed by atoms with Gasteiger partial charge >= 0.3 is 0 Å². The van der Waals surface area contributed by atoms with Crippen LogP contribution in [-0.2, 0) is 0 Å². The van der Waals surface area contributed by atoms with Crippen molar-refractivity contribution in [3.8, 4) is 12.3 Å². The zero-order valence-corrected chi connectivity index (χ0v) is 11.1. The van der Waals surface area contributed by atoms with Crippen molar-refractivity contribution in [1.29, 1.82) is 0 Å². The molecule has 0 bridgehead atoms. The van der Waals surface area contributed by atoms with Crippen LogP contribution in [0.2, 0.25) is 0 Å². The third-order valence-corrected chi connectivity index (χ3v) is 4.26. The Labute approximate surface area is 108 Å². The summed E-state index contributed by atoms with van der Waals surface area (Å²) >= 11 is 1.95. The van der Waals surface area contributed by atoms with E-state index >= 15 is 0 Å². The summed E-state index contributed by atoms with van der Waals surface area (Å²) in [6.45, 7) is 2.18. The first-order chi connectivity index (χ1) is 8.35. The fourth-order valence-electron chi connectivity index (χ4n) is 2.26. The second-order valence-electron chi connectivity index (χ2n) is 4.40. The van der Waals surface area contributed by atoms with Crippen LogP contribution in [0.15, 0.2) is 29.2 Å². The van der Waals surface area contributed by atoms with Gasteiger partial charge in [-0.3, -0.25) is 5.32 Å². The van der Waals surface area contributed by atoms with Crippen LogP contribution in [0.1, 0.15) is 37.8 Å². The van der Waals surface area contributed by atoms with E-state index in [4.69, 9.17) is 6.42 Å². The summed E-state index contributed by atoms with van der Waals surface area (Å²) < 4.78 is 0. The standard InChI is InChI=1S/C15H19NS/c1-3-7-12(4-2)16-14-10-11-17-15-9-6-5-8-13(14)15/h2,5-6,8-9,12,14,16H,3,7,10-11H2,1H3. The van der Waals surface area contributed by atoms with E-state index in [1.807, 2.05) is 11.8 Å². The highest BCUT2D eigenvalue weighted by atomic mass is 32.2. The number of benzene rings is 1. The number of terminal acetylenes is 1. The normalized spacial score (nSPS) is 20.4. The highest BCUT2D eigenvalue weighted by molar-refractivity contribution is 7.99. The molecule has 2 unspecified atom stereocenters. The van der Waals surface area contributed by atoms with Gasteiger partial charge in [0.1, 0.15) is 0 Å². The van der Waals surface area contributed by atoms with Crippen LogP contribution in [0.25, 0.3) is 0 Å². The monoisotopic (exact) mass is 245 g/mol. The quantitative estimate of drug-likeness (QED) is 0.813. The van der Waals surface area contributed by atoms with Gasteiger partial charge in [0.2, 0.25) is 0 Å². The summed E-state index contributed by atoms with van der Waals surface area (Å²) in [5, 5.41) is 3.61. The summed E-state index contributed by atoms with van der Waals surface area (Å²) in [4.78, 5) is 1.41. The highest BCUT2D eigenvalue weighted by Crippen LogP contribution is 2.36. The molecule has 1 aromatic rings. The van der Waals surface area contributed by atoms with Crippen LogP contribution < -0.4 is 5.32 Å². The average Bonchev–Trinajstić information content (AvgIpc) is 2.38. The summed E-state index contributed by atoms with van der Waals surface area (Å²) in [6, 6.07) is 9.29. The smallest absolute Gasteiger partial charge is 0.0691 e. The van der Waals surface area contributed by atoms with E-state index in [1.165, 1.54) is 22.6 Å². The van der Waals surface area contributed by atoms with Crippen molar-refractivity contribution in [1.82, 2.24) is 5.32 Å². The van der Waals surface area contributed by atoms with E-state index in [0.717, 1.165) is 12.8 Å². The lowest BCUT2D eigenvalue weighted by Crippen LogP contribution is -2.33. The van der Waals surface area contributed by atoms with Crippen molar-refractivity contribution in [2.75, 3.05) is 5.75 Å². The van der Waals surface area contributed by atoms with Crippen molar-refractivity contribution in [2.45, 2.75) is 43.2 Å². The molecule has 0 saturated heterocycles. The molecule has 0 aliphatic carbocycles. The maximum atomic E-state index is 5.58. The fourth-order valence-corrected chi connectivity index (χ4v) is 3.39.